The average molecular weight is 592 g/mol. The molecule has 0 aliphatic heterocycles. The highest BCUT2D eigenvalue weighted by molar-refractivity contribution is 7.92. The Kier molecular flexibility index (Phi) is 11.0. The Bertz CT molecular complexity index is 1410. The average Bonchev–Trinajstić information content (AvgIpc) is 3.01. The molecule has 3 aromatic carbocycles. The largest absolute Gasteiger partial charge is 0.492 e. The molecule has 0 heterocycles. The minimum absolute atomic E-state index is 0.0563. The molecule has 1 N–H and O–H groups in total. The molecule has 0 radical (unpaired) electrons. The highest BCUT2D eigenvalue weighted by Crippen LogP contribution is 2.33. The van der Waals surface area contributed by atoms with E-state index in [2.05, 4.69) is 5.32 Å². The molecule has 42 heavy (non-hydrogen) atoms. The summed E-state index contributed by atoms with van der Waals surface area (Å²) in [5, 5.41) is 3.17. The first-order chi connectivity index (χ1) is 20.3. The van der Waals surface area contributed by atoms with Crippen molar-refractivity contribution in [2.75, 3.05) is 17.5 Å². The second-order valence-corrected chi connectivity index (χ2v) is 12.4. The first-order valence-electron chi connectivity index (χ1n) is 14.8. The van der Waals surface area contributed by atoms with Crippen LogP contribution in [0.3, 0.4) is 0 Å². The molecule has 224 valence electrons. The number of nitrogens with one attached hydrogen (secondary N) is 1. The number of ether oxygens (including phenoxy) is 1. The first kappa shape index (κ1) is 31.1. The van der Waals surface area contributed by atoms with Gasteiger partial charge in [-0.05, 0) is 56.0 Å². The van der Waals surface area contributed by atoms with Crippen LogP contribution in [0.25, 0.3) is 0 Å². The third kappa shape index (κ3) is 7.70. The highest BCUT2D eigenvalue weighted by Gasteiger charge is 2.35. The van der Waals surface area contributed by atoms with Crippen molar-refractivity contribution in [1.82, 2.24) is 10.2 Å². The van der Waals surface area contributed by atoms with E-state index in [4.69, 9.17) is 4.74 Å². The Hall–Kier alpha value is -3.85. The zero-order chi connectivity index (χ0) is 30.0. The molecule has 3 aromatic rings. The zero-order valence-electron chi connectivity index (χ0n) is 24.4. The highest BCUT2D eigenvalue weighted by atomic mass is 32.2. The summed E-state index contributed by atoms with van der Waals surface area (Å²) in [5.41, 5.74) is 1.11. The SMILES string of the molecule is CCOc1ccccc1N(CC(=O)N(Cc1ccccc1)C(CC)C(=O)NC1CCCCC1)S(=O)(=O)c1ccccc1. The van der Waals surface area contributed by atoms with Crippen molar-refractivity contribution in [2.45, 2.75) is 75.9 Å². The molecule has 4 rings (SSSR count). The van der Waals surface area contributed by atoms with Crippen LogP contribution in [0.1, 0.15) is 57.9 Å². The number of hydrogen-bond acceptors (Lipinski definition) is 5. The summed E-state index contributed by atoms with van der Waals surface area (Å²) in [6.45, 7) is 3.68. The van der Waals surface area contributed by atoms with Gasteiger partial charge in [0, 0.05) is 12.6 Å². The molecular formula is C33H41N3O5S. The molecule has 1 atom stereocenters. The smallest absolute Gasteiger partial charge is 0.264 e. The van der Waals surface area contributed by atoms with Crippen molar-refractivity contribution < 1.29 is 22.7 Å². The second kappa shape index (κ2) is 14.9. The lowest BCUT2D eigenvalue weighted by Crippen LogP contribution is -2.54. The van der Waals surface area contributed by atoms with Gasteiger partial charge in [-0.15, -0.1) is 0 Å². The van der Waals surface area contributed by atoms with E-state index in [1.807, 2.05) is 44.2 Å². The maximum absolute atomic E-state index is 14.3. The van der Waals surface area contributed by atoms with Crippen molar-refractivity contribution in [3.05, 3.63) is 90.5 Å². The van der Waals surface area contributed by atoms with E-state index in [1.165, 1.54) is 17.0 Å². The number of anilines is 1. The predicted octanol–water partition coefficient (Wildman–Crippen LogP) is 5.54. The number of hydrogen-bond donors (Lipinski definition) is 1. The van der Waals surface area contributed by atoms with Crippen molar-refractivity contribution >= 4 is 27.5 Å². The number of amides is 2. The van der Waals surface area contributed by atoms with E-state index in [0.717, 1.165) is 42.0 Å². The zero-order valence-corrected chi connectivity index (χ0v) is 25.3. The molecule has 1 saturated carbocycles. The number of rotatable bonds is 13. The Balaban J connectivity index is 1.72. The molecular weight excluding hydrogens is 550 g/mol. The van der Waals surface area contributed by atoms with Crippen LogP contribution in [0.15, 0.2) is 89.8 Å². The van der Waals surface area contributed by atoms with Gasteiger partial charge in [-0.1, -0.05) is 86.8 Å². The van der Waals surface area contributed by atoms with Gasteiger partial charge in [-0.2, -0.15) is 0 Å². The van der Waals surface area contributed by atoms with E-state index >= 15 is 0 Å². The number of para-hydroxylation sites is 2. The van der Waals surface area contributed by atoms with Gasteiger partial charge in [-0.25, -0.2) is 8.42 Å². The van der Waals surface area contributed by atoms with Crippen LogP contribution in [0, 0.1) is 0 Å². The summed E-state index contributed by atoms with van der Waals surface area (Å²) in [4.78, 5) is 29.5. The van der Waals surface area contributed by atoms with Crippen LogP contribution in [-0.2, 0) is 26.2 Å². The molecule has 9 heteroatoms. The van der Waals surface area contributed by atoms with Gasteiger partial charge >= 0.3 is 0 Å². The number of carbonyl (C=O) groups is 2. The molecule has 0 spiro atoms. The fourth-order valence-electron chi connectivity index (χ4n) is 5.42. The number of carbonyl (C=O) groups excluding carboxylic acids is 2. The summed E-state index contributed by atoms with van der Waals surface area (Å²) >= 11 is 0. The second-order valence-electron chi connectivity index (χ2n) is 10.5. The summed E-state index contributed by atoms with van der Waals surface area (Å²) in [6, 6.07) is 23.6. The topological polar surface area (TPSA) is 96.0 Å². The predicted molar refractivity (Wildman–Crippen MR) is 165 cm³/mol. The monoisotopic (exact) mass is 591 g/mol. The van der Waals surface area contributed by atoms with Gasteiger partial charge in [0.2, 0.25) is 11.8 Å². The van der Waals surface area contributed by atoms with Crippen LogP contribution in [-0.4, -0.2) is 50.4 Å². The van der Waals surface area contributed by atoms with Crippen LogP contribution < -0.4 is 14.4 Å². The molecule has 1 aliphatic rings. The lowest BCUT2D eigenvalue weighted by Gasteiger charge is -2.34. The molecule has 0 bridgehead atoms. The summed E-state index contributed by atoms with van der Waals surface area (Å²) in [6.07, 6.45) is 5.54. The van der Waals surface area contributed by atoms with Gasteiger partial charge in [0.05, 0.1) is 17.2 Å². The third-order valence-electron chi connectivity index (χ3n) is 7.58. The molecule has 2 amide bonds. The van der Waals surface area contributed by atoms with Crippen LogP contribution >= 0.6 is 0 Å². The minimum Gasteiger partial charge on any atom is -0.492 e. The van der Waals surface area contributed by atoms with E-state index < -0.39 is 28.5 Å². The number of sulfonamides is 1. The normalized spacial score (nSPS) is 14.5. The third-order valence-corrected chi connectivity index (χ3v) is 9.35. The van der Waals surface area contributed by atoms with Gasteiger partial charge in [0.1, 0.15) is 18.3 Å². The fourth-order valence-corrected chi connectivity index (χ4v) is 6.86. The maximum Gasteiger partial charge on any atom is 0.264 e. The number of nitrogens with zero attached hydrogens (tertiary/aromatic N) is 2. The van der Waals surface area contributed by atoms with E-state index in [1.54, 1.807) is 42.5 Å². The molecule has 1 aliphatic carbocycles. The lowest BCUT2D eigenvalue weighted by molar-refractivity contribution is -0.140. The summed E-state index contributed by atoms with van der Waals surface area (Å²) in [7, 11) is -4.17. The van der Waals surface area contributed by atoms with E-state index in [9.17, 15) is 18.0 Å². The Labute approximate surface area is 249 Å². The molecule has 0 aromatic heterocycles. The fraction of sp³-hybridized carbons (Fsp3) is 0.394. The van der Waals surface area contributed by atoms with Crippen LogP contribution in [0.4, 0.5) is 5.69 Å². The van der Waals surface area contributed by atoms with Crippen molar-refractivity contribution in [3.8, 4) is 5.75 Å². The minimum atomic E-state index is -4.17. The first-order valence-corrected chi connectivity index (χ1v) is 16.2. The van der Waals surface area contributed by atoms with Gasteiger partial charge in [-0.3, -0.25) is 13.9 Å². The van der Waals surface area contributed by atoms with E-state index in [-0.39, 0.29) is 29.1 Å². The Morgan fingerprint density at radius 1 is 0.881 bits per heavy atom. The Morgan fingerprint density at radius 3 is 2.14 bits per heavy atom. The van der Waals surface area contributed by atoms with Crippen LogP contribution in [0.2, 0.25) is 0 Å². The van der Waals surface area contributed by atoms with Crippen molar-refractivity contribution in [3.63, 3.8) is 0 Å². The van der Waals surface area contributed by atoms with Crippen molar-refractivity contribution in [2.24, 2.45) is 0 Å². The summed E-state index contributed by atoms with van der Waals surface area (Å²) < 4.78 is 35.0. The van der Waals surface area contributed by atoms with Crippen LogP contribution in [0.5, 0.6) is 5.75 Å². The lowest BCUT2D eigenvalue weighted by atomic mass is 9.95. The maximum atomic E-state index is 14.3. The molecule has 8 nitrogen and oxygen atoms in total. The standard InChI is InChI=1S/C33H41N3O5S/c1-3-29(33(38)34-27-18-10-6-11-19-27)35(24-26-16-8-5-9-17-26)32(37)25-36(30-22-14-15-23-31(30)41-4-2)42(39,40)28-20-12-7-13-21-28/h5,7-9,12-17,20-23,27,29H,3-4,6,10-11,18-19,24-25H2,1-2H3,(H,34,38). The number of benzene rings is 3. The summed E-state index contributed by atoms with van der Waals surface area (Å²) in [5.74, 6) is -0.333. The van der Waals surface area contributed by atoms with Crippen molar-refractivity contribution in [1.29, 1.82) is 0 Å². The quantitative estimate of drug-likeness (QED) is 0.282. The Morgan fingerprint density at radius 2 is 1.50 bits per heavy atom. The molecule has 1 fully saturated rings. The van der Waals surface area contributed by atoms with Gasteiger partial charge in [0.15, 0.2) is 0 Å². The molecule has 1 unspecified atom stereocenters. The van der Waals surface area contributed by atoms with Gasteiger partial charge in [0.25, 0.3) is 10.0 Å². The molecule has 0 saturated heterocycles. The van der Waals surface area contributed by atoms with E-state index in [0.29, 0.717) is 18.8 Å². The van der Waals surface area contributed by atoms with Gasteiger partial charge < -0.3 is 15.0 Å².